The molecule has 0 bridgehead atoms. The van der Waals surface area contributed by atoms with Gasteiger partial charge in [-0.05, 0) is 30.5 Å². The van der Waals surface area contributed by atoms with Crippen LogP contribution in [0.3, 0.4) is 0 Å². The Morgan fingerprint density at radius 3 is 2.38 bits per heavy atom. The molecule has 0 saturated carbocycles. The number of aliphatic hydroxyl groups is 1. The lowest BCUT2D eigenvalue weighted by molar-refractivity contribution is -0.146. The van der Waals surface area contributed by atoms with Gasteiger partial charge in [0.2, 0.25) is 5.91 Å². The van der Waals surface area contributed by atoms with Crippen molar-refractivity contribution < 1.29 is 23.9 Å². The highest BCUT2D eigenvalue weighted by Crippen LogP contribution is 2.27. The van der Waals surface area contributed by atoms with Crippen LogP contribution in [-0.2, 0) is 20.8 Å². The Kier molecular flexibility index (Phi) is 8.82. The number of anilines is 2. The fraction of sp³-hybridized carbons (Fsp3) is 0.321. The first kappa shape index (κ1) is 27.6. The summed E-state index contributed by atoms with van der Waals surface area (Å²) in [5.74, 6) is -1.20. The van der Waals surface area contributed by atoms with Crippen molar-refractivity contribution in [3.63, 3.8) is 0 Å². The predicted octanol–water partition coefficient (Wildman–Crippen LogP) is 2.37. The Morgan fingerprint density at radius 2 is 1.69 bits per heavy atom. The van der Waals surface area contributed by atoms with Crippen molar-refractivity contribution in [3.8, 4) is 11.4 Å². The molecule has 3 aromatic rings. The van der Waals surface area contributed by atoms with Crippen molar-refractivity contribution in [1.82, 2.24) is 20.2 Å². The minimum atomic E-state index is -1.09. The molecule has 1 saturated heterocycles. The molecule has 0 atom stereocenters. The third kappa shape index (κ3) is 7.81. The molecule has 10 nitrogen and oxygen atoms in total. The van der Waals surface area contributed by atoms with Crippen molar-refractivity contribution in [2.24, 2.45) is 0 Å². The molecule has 0 radical (unpaired) electrons. The predicted molar refractivity (Wildman–Crippen MR) is 144 cm³/mol. The van der Waals surface area contributed by atoms with E-state index in [-0.39, 0.29) is 49.9 Å². The van der Waals surface area contributed by atoms with E-state index < -0.39 is 17.4 Å². The van der Waals surface area contributed by atoms with Gasteiger partial charge < -0.3 is 26.0 Å². The Morgan fingerprint density at radius 1 is 0.974 bits per heavy atom. The maximum atomic E-state index is 13.5. The number of carbonyl (C=O) groups excluding carboxylic acids is 3. The Bertz CT molecular complexity index is 1330. The number of likely N-dealkylation sites (tertiary alicyclic amines) is 1. The van der Waals surface area contributed by atoms with Crippen LogP contribution in [0, 0.1) is 5.82 Å². The van der Waals surface area contributed by atoms with Gasteiger partial charge in [-0.15, -0.1) is 0 Å². The zero-order valence-corrected chi connectivity index (χ0v) is 21.6. The van der Waals surface area contributed by atoms with E-state index in [0.29, 0.717) is 30.3 Å². The van der Waals surface area contributed by atoms with Gasteiger partial charge >= 0.3 is 11.8 Å². The summed E-state index contributed by atoms with van der Waals surface area (Å²) in [4.78, 5) is 47.2. The highest BCUT2D eigenvalue weighted by Gasteiger charge is 2.35. The van der Waals surface area contributed by atoms with Gasteiger partial charge in [0.15, 0.2) is 5.82 Å². The molecule has 1 fully saturated rings. The minimum absolute atomic E-state index is 0.142. The number of piperidine rings is 1. The fourth-order valence-corrected chi connectivity index (χ4v) is 4.39. The van der Waals surface area contributed by atoms with E-state index in [1.807, 2.05) is 30.3 Å². The minimum Gasteiger partial charge on any atom is -0.389 e. The molecule has 11 heteroatoms. The molecule has 1 aromatic heterocycles. The lowest BCUT2D eigenvalue weighted by atomic mass is 9.85. The number of benzene rings is 2. The second-order valence-electron chi connectivity index (χ2n) is 9.52. The van der Waals surface area contributed by atoms with Gasteiger partial charge in [0.25, 0.3) is 0 Å². The largest absolute Gasteiger partial charge is 0.389 e. The van der Waals surface area contributed by atoms with Crippen LogP contribution in [0.4, 0.5) is 16.0 Å². The lowest BCUT2D eigenvalue weighted by Crippen LogP contribution is -2.50. The van der Waals surface area contributed by atoms with Gasteiger partial charge in [-0.2, -0.15) is 0 Å². The monoisotopic (exact) mass is 534 g/mol. The molecule has 1 aliphatic rings. The van der Waals surface area contributed by atoms with Gasteiger partial charge in [0.05, 0.1) is 5.60 Å². The molecule has 0 unspecified atom stereocenters. The van der Waals surface area contributed by atoms with E-state index in [9.17, 15) is 23.9 Å². The van der Waals surface area contributed by atoms with Crippen LogP contribution >= 0.6 is 0 Å². The second-order valence-corrected chi connectivity index (χ2v) is 9.52. The molecular weight excluding hydrogens is 503 g/mol. The van der Waals surface area contributed by atoms with Gasteiger partial charge in [-0.25, -0.2) is 14.4 Å². The number of amides is 3. The summed E-state index contributed by atoms with van der Waals surface area (Å²) in [7, 11) is 0. The van der Waals surface area contributed by atoms with Crippen LogP contribution in [0.2, 0.25) is 0 Å². The van der Waals surface area contributed by atoms with Crippen LogP contribution in [0.5, 0.6) is 0 Å². The van der Waals surface area contributed by atoms with Crippen LogP contribution in [0.1, 0.15) is 25.3 Å². The zero-order chi connectivity index (χ0) is 27.8. The number of hydrogen-bond donors (Lipinski definition) is 4. The summed E-state index contributed by atoms with van der Waals surface area (Å²) >= 11 is 0. The van der Waals surface area contributed by atoms with Gasteiger partial charge in [-0.3, -0.25) is 14.4 Å². The van der Waals surface area contributed by atoms with Gasteiger partial charge in [-0.1, -0.05) is 42.5 Å². The molecule has 2 heterocycles. The summed E-state index contributed by atoms with van der Waals surface area (Å²) in [6, 6.07) is 16.8. The highest BCUT2D eigenvalue weighted by molar-refractivity contribution is 6.39. The van der Waals surface area contributed by atoms with E-state index in [0.717, 1.165) is 5.56 Å². The standard InChI is InChI=1S/C28H31FN6O4/c1-19(36)30-12-13-31-23-17-24(33-25(32-23)21-7-3-2-4-8-21)34-26(37)27(38)35-14-10-28(39,11-15-35)18-20-6-5-9-22(29)16-20/h2-9,16-17,39H,10-15,18H2,1H3,(H,30,36)(H2,31,32,33,34,37). The Labute approximate surface area is 225 Å². The maximum Gasteiger partial charge on any atom is 0.315 e. The summed E-state index contributed by atoms with van der Waals surface area (Å²) in [6.07, 6.45) is 0.785. The van der Waals surface area contributed by atoms with E-state index >= 15 is 0 Å². The SMILES string of the molecule is CC(=O)NCCNc1cc(NC(=O)C(=O)N2CCC(O)(Cc3cccc(F)c3)CC2)nc(-c2ccccc2)n1. The first-order valence-electron chi connectivity index (χ1n) is 12.7. The molecule has 204 valence electrons. The van der Waals surface area contributed by atoms with E-state index in [1.165, 1.54) is 30.0 Å². The third-order valence-corrected chi connectivity index (χ3v) is 6.40. The average molecular weight is 535 g/mol. The zero-order valence-electron chi connectivity index (χ0n) is 21.6. The van der Waals surface area contributed by atoms with E-state index in [2.05, 4.69) is 25.9 Å². The number of rotatable bonds is 8. The molecular formula is C28H31FN6O4. The quantitative estimate of drug-likeness (QED) is 0.257. The number of aromatic nitrogens is 2. The topological polar surface area (TPSA) is 137 Å². The molecule has 1 aliphatic heterocycles. The van der Waals surface area contributed by atoms with Crippen LogP contribution < -0.4 is 16.0 Å². The van der Waals surface area contributed by atoms with E-state index in [4.69, 9.17) is 0 Å². The Hall–Kier alpha value is -4.38. The summed E-state index contributed by atoms with van der Waals surface area (Å²) in [5, 5.41) is 19.3. The molecule has 4 rings (SSSR count). The van der Waals surface area contributed by atoms with Crippen LogP contribution in [0.15, 0.2) is 60.7 Å². The van der Waals surface area contributed by atoms with E-state index in [1.54, 1.807) is 12.1 Å². The number of carbonyl (C=O) groups is 3. The number of nitrogens with one attached hydrogen (secondary N) is 3. The average Bonchev–Trinajstić information content (AvgIpc) is 2.91. The van der Waals surface area contributed by atoms with Crippen molar-refractivity contribution in [1.29, 1.82) is 0 Å². The summed E-state index contributed by atoms with van der Waals surface area (Å²) in [5.41, 5.74) is 0.309. The number of nitrogens with zero attached hydrogens (tertiary/aromatic N) is 3. The molecule has 4 N–H and O–H groups in total. The summed E-state index contributed by atoms with van der Waals surface area (Å²) < 4.78 is 13.5. The normalized spacial score (nSPS) is 14.4. The molecule has 2 aromatic carbocycles. The van der Waals surface area contributed by atoms with Crippen LogP contribution in [0.25, 0.3) is 11.4 Å². The molecule has 0 spiro atoms. The first-order valence-corrected chi connectivity index (χ1v) is 12.7. The van der Waals surface area contributed by atoms with Gasteiger partial charge in [0.1, 0.15) is 17.5 Å². The van der Waals surface area contributed by atoms with Crippen LogP contribution in [-0.4, -0.2) is 69.5 Å². The van der Waals surface area contributed by atoms with Crippen molar-refractivity contribution in [3.05, 3.63) is 72.0 Å². The van der Waals surface area contributed by atoms with Crippen molar-refractivity contribution in [2.75, 3.05) is 36.8 Å². The smallest absolute Gasteiger partial charge is 0.315 e. The highest BCUT2D eigenvalue weighted by atomic mass is 19.1. The number of hydrogen-bond acceptors (Lipinski definition) is 7. The van der Waals surface area contributed by atoms with Gasteiger partial charge in [0, 0.05) is 51.2 Å². The summed E-state index contributed by atoms with van der Waals surface area (Å²) in [6.45, 7) is 2.57. The van der Waals surface area contributed by atoms with Crippen molar-refractivity contribution in [2.45, 2.75) is 31.8 Å². The first-order chi connectivity index (χ1) is 18.7. The maximum absolute atomic E-state index is 13.5. The lowest BCUT2D eigenvalue weighted by Gasteiger charge is -2.38. The Balaban J connectivity index is 1.40. The third-order valence-electron chi connectivity index (χ3n) is 6.40. The molecule has 3 amide bonds. The number of halogens is 1. The fourth-order valence-electron chi connectivity index (χ4n) is 4.39. The molecule has 39 heavy (non-hydrogen) atoms. The second kappa shape index (κ2) is 12.4. The van der Waals surface area contributed by atoms with Crippen molar-refractivity contribution >= 4 is 29.4 Å². The molecule has 0 aliphatic carbocycles.